The monoisotopic (exact) mass is 286 g/mol. The van der Waals surface area contributed by atoms with Crippen molar-refractivity contribution in [1.29, 1.82) is 0 Å². The third-order valence-electron chi connectivity index (χ3n) is 2.85. The molecule has 102 valence electrons. The first-order chi connectivity index (χ1) is 9.54. The molecule has 0 unspecified atom stereocenters. The van der Waals surface area contributed by atoms with Crippen LogP contribution >= 0.6 is 11.3 Å². The summed E-state index contributed by atoms with van der Waals surface area (Å²) in [4.78, 5) is 8.44. The molecule has 0 aliphatic carbocycles. The van der Waals surface area contributed by atoms with E-state index in [0.717, 1.165) is 16.9 Å². The summed E-state index contributed by atoms with van der Waals surface area (Å²) in [5.74, 6) is 0. The molecule has 5 nitrogen and oxygen atoms in total. The van der Waals surface area contributed by atoms with Crippen molar-refractivity contribution >= 4 is 11.3 Å². The summed E-state index contributed by atoms with van der Waals surface area (Å²) in [5.41, 5.74) is 1.86. The number of aromatic nitrogens is 4. The maximum absolute atomic E-state index is 9.98. The van der Waals surface area contributed by atoms with Crippen LogP contribution in [0.4, 0.5) is 0 Å². The van der Waals surface area contributed by atoms with Crippen molar-refractivity contribution in [2.24, 2.45) is 0 Å². The average molecular weight is 286 g/mol. The van der Waals surface area contributed by atoms with Crippen LogP contribution in [0, 0.1) is 0 Å². The van der Waals surface area contributed by atoms with Crippen LogP contribution in [0.3, 0.4) is 0 Å². The van der Waals surface area contributed by atoms with Crippen LogP contribution in [0.15, 0.2) is 42.3 Å². The minimum atomic E-state index is -0.910. The van der Waals surface area contributed by atoms with Gasteiger partial charge in [0.25, 0.3) is 0 Å². The van der Waals surface area contributed by atoms with Crippen molar-refractivity contribution < 1.29 is 5.11 Å². The highest BCUT2D eigenvalue weighted by Crippen LogP contribution is 2.29. The molecule has 0 saturated heterocycles. The number of rotatable bonds is 3. The van der Waals surface area contributed by atoms with Gasteiger partial charge in [-0.2, -0.15) is 5.10 Å². The predicted molar refractivity (Wildman–Crippen MR) is 77.7 cm³/mol. The topological polar surface area (TPSA) is 63.8 Å². The van der Waals surface area contributed by atoms with Crippen molar-refractivity contribution in [1.82, 2.24) is 19.7 Å². The second kappa shape index (κ2) is 4.81. The van der Waals surface area contributed by atoms with Crippen LogP contribution in [-0.4, -0.2) is 24.9 Å². The van der Waals surface area contributed by atoms with Crippen molar-refractivity contribution in [3.63, 3.8) is 0 Å². The molecule has 0 bridgehead atoms. The molecule has 0 saturated carbocycles. The Labute approximate surface area is 120 Å². The lowest BCUT2D eigenvalue weighted by Crippen LogP contribution is -2.14. The summed E-state index contributed by atoms with van der Waals surface area (Å²) in [7, 11) is 0. The molecular formula is C14H14N4OS. The Bertz CT molecular complexity index is 713. The Hall–Kier alpha value is -2.05. The van der Waals surface area contributed by atoms with Gasteiger partial charge < -0.3 is 5.11 Å². The highest BCUT2D eigenvalue weighted by molar-refractivity contribution is 7.10. The van der Waals surface area contributed by atoms with Gasteiger partial charge in [0, 0.05) is 10.9 Å². The zero-order valence-electron chi connectivity index (χ0n) is 11.2. The molecular weight excluding hydrogens is 272 g/mol. The Balaban J connectivity index is 1.99. The van der Waals surface area contributed by atoms with Gasteiger partial charge in [-0.3, -0.25) is 0 Å². The average Bonchev–Trinajstić information content (AvgIpc) is 3.10. The second-order valence-corrected chi connectivity index (χ2v) is 5.85. The lowest BCUT2D eigenvalue weighted by atomic mass is 10.1. The Kier molecular flexibility index (Phi) is 3.11. The van der Waals surface area contributed by atoms with E-state index >= 15 is 0 Å². The molecule has 0 spiro atoms. The molecule has 2 aromatic heterocycles. The van der Waals surface area contributed by atoms with E-state index in [0.29, 0.717) is 5.01 Å². The van der Waals surface area contributed by atoms with Gasteiger partial charge in [-0.05, 0) is 26.0 Å². The largest absolute Gasteiger partial charge is 0.383 e. The van der Waals surface area contributed by atoms with E-state index in [1.807, 2.05) is 29.6 Å². The van der Waals surface area contributed by atoms with Crippen molar-refractivity contribution in [2.75, 3.05) is 0 Å². The van der Waals surface area contributed by atoms with Crippen LogP contribution in [-0.2, 0) is 5.60 Å². The van der Waals surface area contributed by atoms with Crippen molar-refractivity contribution in [3.8, 4) is 16.9 Å². The highest BCUT2D eigenvalue weighted by atomic mass is 32.1. The van der Waals surface area contributed by atoms with Crippen LogP contribution in [0.5, 0.6) is 0 Å². The number of hydrogen-bond acceptors (Lipinski definition) is 5. The molecule has 0 fully saturated rings. The number of hydrogen-bond donors (Lipinski definition) is 1. The van der Waals surface area contributed by atoms with E-state index in [1.54, 1.807) is 24.9 Å². The third kappa shape index (κ3) is 2.48. The van der Waals surface area contributed by atoms with E-state index in [-0.39, 0.29) is 0 Å². The third-order valence-corrected chi connectivity index (χ3v) is 4.01. The standard InChI is InChI=1S/C14H14N4OS/c1-14(2,19)13-17-12(7-20-13)10-4-3-5-11(6-10)18-9-15-8-16-18/h3-9,19H,1-2H3. The highest BCUT2D eigenvalue weighted by Gasteiger charge is 2.20. The van der Waals surface area contributed by atoms with Crippen LogP contribution < -0.4 is 0 Å². The maximum atomic E-state index is 9.98. The van der Waals surface area contributed by atoms with Gasteiger partial charge in [0.15, 0.2) is 0 Å². The lowest BCUT2D eigenvalue weighted by Gasteiger charge is -2.12. The molecule has 20 heavy (non-hydrogen) atoms. The quantitative estimate of drug-likeness (QED) is 0.804. The summed E-state index contributed by atoms with van der Waals surface area (Å²) in [6.45, 7) is 3.48. The molecule has 0 aliphatic rings. The minimum absolute atomic E-state index is 0.707. The van der Waals surface area contributed by atoms with Crippen LogP contribution in [0.25, 0.3) is 16.9 Å². The summed E-state index contributed by atoms with van der Waals surface area (Å²) in [5, 5.41) is 16.8. The summed E-state index contributed by atoms with van der Waals surface area (Å²) in [6, 6.07) is 7.90. The van der Waals surface area contributed by atoms with E-state index in [9.17, 15) is 5.11 Å². The fourth-order valence-corrected chi connectivity index (χ4v) is 2.69. The fourth-order valence-electron chi connectivity index (χ4n) is 1.84. The van der Waals surface area contributed by atoms with Crippen molar-refractivity contribution in [3.05, 3.63) is 47.3 Å². The van der Waals surface area contributed by atoms with Crippen molar-refractivity contribution in [2.45, 2.75) is 19.4 Å². The molecule has 2 heterocycles. The first kappa shape index (κ1) is 13.0. The van der Waals surface area contributed by atoms with E-state index < -0.39 is 5.60 Å². The zero-order chi connectivity index (χ0) is 14.2. The predicted octanol–water partition coefficient (Wildman–Crippen LogP) is 2.62. The van der Waals surface area contributed by atoms with Crippen LogP contribution in [0.1, 0.15) is 18.9 Å². The molecule has 3 rings (SSSR count). The molecule has 6 heteroatoms. The normalized spacial score (nSPS) is 11.8. The van der Waals surface area contributed by atoms with E-state index in [4.69, 9.17) is 0 Å². The molecule has 3 aromatic rings. The Morgan fingerprint density at radius 2 is 2.15 bits per heavy atom. The smallest absolute Gasteiger partial charge is 0.138 e. The number of benzene rings is 1. The molecule has 1 aromatic carbocycles. The first-order valence-corrected chi connectivity index (χ1v) is 7.06. The zero-order valence-corrected chi connectivity index (χ0v) is 12.0. The van der Waals surface area contributed by atoms with Gasteiger partial charge in [0.1, 0.15) is 23.3 Å². The van der Waals surface area contributed by atoms with Crippen LogP contribution in [0.2, 0.25) is 0 Å². The maximum Gasteiger partial charge on any atom is 0.138 e. The molecule has 1 N–H and O–H groups in total. The van der Waals surface area contributed by atoms with Gasteiger partial charge in [-0.15, -0.1) is 11.3 Å². The minimum Gasteiger partial charge on any atom is -0.383 e. The molecule has 0 atom stereocenters. The number of thiazole rings is 1. The molecule has 0 amide bonds. The molecule has 0 radical (unpaired) electrons. The Morgan fingerprint density at radius 1 is 1.30 bits per heavy atom. The first-order valence-electron chi connectivity index (χ1n) is 6.18. The SMILES string of the molecule is CC(C)(O)c1nc(-c2cccc(-n3cncn3)c2)cs1. The van der Waals surface area contributed by atoms with E-state index in [1.165, 1.54) is 17.7 Å². The van der Waals surface area contributed by atoms with Gasteiger partial charge in [-0.1, -0.05) is 12.1 Å². The van der Waals surface area contributed by atoms with E-state index in [2.05, 4.69) is 15.1 Å². The van der Waals surface area contributed by atoms with Gasteiger partial charge in [0.05, 0.1) is 11.4 Å². The van der Waals surface area contributed by atoms with Gasteiger partial charge in [0.2, 0.25) is 0 Å². The van der Waals surface area contributed by atoms with Gasteiger partial charge >= 0.3 is 0 Å². The summed E-state index contributed by atoms with van der Waals surface area (Å²) < 4.78 is 1.70. The van der Waals surface area contributed by atoms with Gasteiger partial charge in [-0.25, -0.2) is 14.6 Å². The number of aliphatic hydroxyl groups is 1. The summed E-state index contributed by atoms with van der Waals surface area (Å²) >= 11 is 1.46. The fraction of sp³-hybridized carbons (Fsp3) is 0.214. The number of nitrogens with zero attached hydrogens (tertiary/aromatic N) is 4. The lowest BCUT2D eigenvalue weighted by molar-refractivity contribution is 0.0783. The summed E-state index contributed by atoms with van der Waals surface area (Å²) in [6.07, 6.45) is 3.16. The Morgan fingerprint density at radius 3 is 2.80 bits per heavy atom. The molecule has 0 aliphatic heterocycles. The second-order valence-electron chi connectivity index (χ2n) is 4.99.